The van der Waals surface area contributed by atoms with Crippen LogP contribution in [0.3, 0.4) is 0 Å². The van der Waals surface area contributed by atoms with E-state index in [1.54, 1.807) is 52.6 Å². The van der Waals surface area contributed by atoms with Crippen LogP contribution in [0, 0.1) is 0 Å². The number of anilines is 1. The smallest absolute Gasteiger partial charge is 0.253 e. The summed E-state index contributed by atoms with van der Waals surface area (Å²) in [6.45, 7) is 8.47. The molecule has 1 aliphatic heterocycles. The third-order valence-corrected chi connectivity index (χ3v) is 9.92. The first-order chi connectivity index (χ1) is 24.8. The number of amides is 1. The number of nitrogens with zero attached hydrogens (tertiary/aromatic N) is 5. The first-order valence-electron chi connectivity index (χ1n) is 18.1. The third-order valence-electron chi connectivity index (χ3n) is 9.92. The number of carbonyl (C=O) groups is 1. The van der Waals surface area contributed by atoms with Crippen LogP contribution in [0.5, 0.6) is 28.7 Å². The normalized spacial score (nSPS) is 14.2. The number of aryl methyl sites for hydroxylation is 1. The van der Waals surface area contributed by atoms with Gasteiger partial charge in [0.25, 0.3) is 5.91 Å². The second kappa shape index (κ2) is 18.0. The molecule has 0 aliphatic carbocycles. The fourth-order valence-electron chi connectivity index (χ4n) is 7.09. The van der Waals surface area contributed by atoms with Crippen LogP contribution in [0.1, 0.15) is 60.9 Å². The Bertz CT molecular complexity index is 1720. The van der Waals surface area contributed by atoms with E-state index in [0.29, 0.717) is 40.9 Å². The van der Waals surface area contributed by atoms with E-state index in [1.807, 2.05) is 19.2 Å². The summed E-state index contributed by atoms with van der Waals surface area (Å²) in [6, 6.07) is 18.0. The van der Waals surface area contributed by atoms with Crippen molar-refractivity contribution in [2.45, 2.75) is 51.5 Å². The number of rotatable bonds is 17. The maximum atomic E-state index is 13.9. The van der Waals surface area contributed by atoms with Gasteiger partial charge in [0.05, 0.1) is 46.6 Å². The van der Waals surface area contributed by atoms with Crippen LogP contribution in [0.2, 0.25) is 0 Å². The van der Waals surface area contributed by atoms with E-state index in [1.165, 1.54) is 18.4 Å². The largest absolute Gasteiger partial charge is 0.493 e. The molecule has 0 radical (unpaired) electrons. The lowest BCUT2D eigenvalue weighted by Gasteiger charge is -2.28. The van der Waals surface area contributed by atoms with Crippen molar-refractivity contribution in [3.05, 3.63) is 65.7 Å². The Labute approximate surface area is 303 Å². The predicted octanol–water partition coefficient (Wildman–Crippen LogP) is 6.73. The molecule has 0 bridgehead atoms. The molecule has 0 spiro atoms. The van der Waals surface area contributed by atoms with Crippen LogP contribution in [0.15, 0.2) is 54.6 Å². The number of benzene rings is 3. The average Bonchev–Trinajstić information content (AvgIpc) is 3.36. The number of para-hydroxylation sites is 2. The van der Waals surface area contributed by atoms with Crippen molar-refractivity contribution >= 4 is 22.9 Å². The van der Waals surface area contributed by atoms with Gasteiger partial charge in [-0.25, -0.2) is 4.98 Å². The van der Waals surface area contributed by atoms with Crippen LogP contribution < -0.4 is 28.6 Å². The van der Waals surface area contributed by atoms with E-state index in [0.717, 1.165) is 75.6 Å². The molecule has 1 aliphatic rings. The van der Waals surface area contributed by atoms with Crippen molar-refractivity contribution in [3.63, 3.8) is 0 Å². The molecule has 11 heteroatoms. The summed E-state index contributed by atoms with van der Waals surface area (Å²) in [5.41, 5.74) is 3.83. The second-order valence-electron chi connectivity index (χ2n) is 13.1. The number of fused-ring (bicyclic) bond motifs is 1. The topological polar surface area (TPSA) is 90.8 Å². The Morgan fingerprint density at radius 3 is 2.22 bits per heavy atom. The molecule has 1 fully saturated rings. The van der Waals surface area contributed by atoms with Crippen LogP contribution in [-0.4, -0.2) is 107 Å². The molecule has 0 N–H and O–H groups in total. The minimum absolute atomic E-state index is 0.0444. The number of ether oxygens (including phenoxy) is 5. The van der Waals surface area contributed by atoms with Gasteiger partial charge in [-0.2, -0.15) is 0 Å². The summed E-state index contributed by atoms with van der Waals surface area (Å²) in [7, 11) is 9.78. The van der Waals surface area contributed by atoms with Gasteiger partial charge in [0.15, 0.2) is 23.0 Å². The second-order valence-corrected chi connectivity index (χ2v) is 13.1. The highest BCUT2D eigenvalue weighted by Gasteiger charge is 2.25. The molecule has 1 atom stereocenters. The first kappa shape index (κ1) is 37.6. The molecule has 0 saturated carbocycles. The Morgan fingerprint density at radius 2 is 1.53 bits per heavy atom. The molecule has 1 aromatic heterocycles. The molecule has 11 nitrogen and oxygen atoms in total. The third kappa shape index (κ3) is 8.81. The van der Waals surface area contributed by atoms with Crippen LogP contribution >= 0.6 is 0 Å². The zero-order valence-electron chi connectivity index (χ0n) is 31.4. The van der Waals surface area contributed by atoms with Crippen molar-refractivity contribution < 1.29 is 28.5 Å². The van der Waals surface area contributed by atoms with Crippen molar-refractivity contribution in [1.29, 1.82) is 0 Å². The standard InChI is InChI=1S/C40H55N5O6/c1-8-9-12-21-45-33-15-11-10-14-32(33)41-40(45)44-20-13-19-43(23-24-44)22-18-30(29-16-17-34(47-3)35(25-29)48-4)28-42(2)39(46)31-26-36(49-5)38(51-7)37(27-31)50-6/h10-11,14-17,25-27,30H,8-9,12-13,18-24,28H2,1-7H3. The highest BCUT2D eigenvalue weighted by Crippen LogP contribution is 2.39. The number of methoxy groups -OCH3 is 5. The van der Waals surface area contributed by atoms with Gasteiger partial charge in [-0.1, -0.05) is 38.0 Å². The molecule has 1 amide bonds. The fourth-order valence-corrected chi connectivity index (χ4v) is 7.09. The zero-order valence-corrected chi connectivity index (χ0v) is 31.4. The number of imidazole rings is 1. The molecule has 2 heterocycles. The van der Waals surface area contributed by atoms with Gasteiger partial charge >= 0.3 is 0 Å². The van der Waals surface area contributed by atoms with E-state index >= 15 is 0 Å². The molecule has 51 heavy (non-hydrogen) atoms. The Kier molecular flexibility index (Phi) is 13.3. The Morgan fingerprint density at radius 1 is 0.804 bits per heavy atom. The van der Waals surface area contributed by atoms with E-state index in [4.69, 9.17) is 28.7 Å². The molecule has 5 rings (SSSR count). The van der Waals surface area contributed by atoms with Gasteiger partial charge in [0.2, 0.25) is 11.7 Å². The summed E-state index contributed by atoms with van der Waals surface area (Å²) in [4.78, 5) is 25.8. The van der Waals surface area contributed by atoms with E-state index in [9.17, 15) is 4.79 Å². The minimum atomic E-state index is -0.132. The number of hydrogen-bond donors (Lipinski definition) is 0. The molecule has 276 valence electrons. The molecule has 1 unspecified atom stereocenters. The van der Waals surface area contributed by atoms with E-state index in [2.05, 4.69) is 51.6 Å². The van der Waals surface area contributed by atoms with Crippen molar-refractivity contribution in [2.75, 3.05) is 86.8 Å². The summed E-state index contributed by atoms with van der Waals surface area (Å²) >= 11 is 0. The van der Waals surface area contributed by atoms with Crippen molar-refractivity contribution in [2.24, 2.45) is 0 Å². The lowest BCUT2D eigenvalue weighted by Crippen LogP contribution is -2.35. The average molecular weight is 702 g/mol. The van der Waals surface area contributed by atoms with Gasteiger partial charge in [-0.05, 0) is 74.3 Å². The zero-order chi connectivity index (χ0) is 36.3. The lowest BCUT2D eigenvalue weighted by atomic mass is 9.94. The van der Waals surface area contributed by atoms with Crippen LogP contribution in [-0.2, 0) is 6.54 Å². The summed E-state index contributed by atoms with van der Waals surface area (Å²) in [5, 5.41) is 0. The van der Waals surface area contributed by atoms with Gasteiger partial charge in [-0.15, -0.1) is 0 Å². The Balaban J connectivity index is 1.33. The number of hydrogen-bond acceptors (Lipinski definition) is 9. The highest BCUT2D eigenvalue weighted by atomic mass is 16.5. The first-order valence-corrected chi connectivity index (χ1v) is 18.1. The van der Waals surface area contributed by atoms with E-state index < -0.39 is 0 Å². The number of likely N-dealkylation sites (N-methyl/N-ethyl adjacent to an activating group) is 1. The molecular weight excluding hydrogens is 646 g/mol. The minimum Gasteiger partial charge on any atom is -0.493 e. The summed E-state index contributed by atoms with van der Waals surface area (Å²) < 4.78 is 30.2. The van der Waals surface area contributed by atoms with Gasteiger partial charge in [0.1, 0.15) is 0 Å². The van der Waals surface area contributed by atoms with Crippen molar-refractivity contribution in [1.82, 2.24) is 19.4 Å². The van der Waals surface area contributed by atoms with Crippen LogP contribution in [0.25, 0.3) is 11.0 Å². The monoisotopic (exact) mass is 701 g/mol. The molecular formula is C40H55N5O6. The Hall–Kier alpha value is -4.64. The number of aromatic nitrogens is 2. The van der Waals surface area contributed by atoms with Crippen molar-refractivity contribution in [3.8, 4) is 28.7 Å². The quantitative estimate of drug-likeness (QED) is 0.111. The number of unbranched alkanes of at least 4 members (excludes halogenated alkanes) is 2. The van der Waals surface area contributed by atoms with E-state index in [-0.39, 0.29) is 11.8 Å². The van der Waals surface area contributed by atoms with Crippen LogP contribution in [0.4, 0.5) is 5.95 Å². The SMILES string of the molecule is CCCCCn1c(N2CCCN(CCC(CN(C)C(=O)c3cc(OC)c(OC)c(OC)c3)c3ccc(OC)c(OC)c3)CC2)nc2ccccc21. The van der Waals surface area contributed by atoms with Gasteiger partial charge in [0, 0.05) is 51.3 Å². The highest BCUT2D eigenvalue weighted by molar-refractivity contribution is 5.95. The maximum absolute atomic E-state index is 13.9. The summed E-state index contributed by atoms with van der Waals surface area (Å²) in [6.07, 6.45) is 5.47. The molecule has 1 saturated heterocycles. The predicted molar refractivity (Wildman–Crippen MR) is 202 cm³/mol. The summed E-state index contributed by atoms with van der Waals surface area (Å²) in [5.74, 6) is 3.68. The molecule has 4 aromatic rings. The molecule has 3 aromatic carbocycles. The van der Waals surface area contributed by atoms with Gasteiger partial charge < -0.3 is 43.0 Å². The van der Waals surface area contributed by atoms with Gasteiger partial charge in [-0.3, -0.25) is 4.79 Å². The fraction of sp³-hybridized carbons (Fsp3) is 0.500. The lowest BCUT2D eigenvalue weighted by molar-refractivity contribution is 0.0782. The number of carbonyl (C=O) groups excluding carboxylic acids is 1. The maximum Gasteiger partial charge on any atom is 0.253 e.